The van der Waals surface area contributed by atoms with Gasteiger partial charge in [-0.2, -0.15) is 0 Å². The van der Waals surface area contributed by atoms with Crippen LogP contribution in [0.4, 0.5) is 5.00 Å². The zero-order valence-electron chi connectivity index (χ0n) is 18.9. The topological polar surface area (TPSA) is 73.9 Å². The molecule has 2 aromatic rings. The van der Waals surface area contributed by atoms with Crippen molar-refractivity contribution in [2.24, 2.45) is 11.3 Å². The Labute approximate surface area is 192 Å². The summed E-state index contributed by atoms with van der Waals surface area (Å²) in [6.07, 6.45) is 7.06. The number of rotatable bonds is 6. The van der Waals surface area contributed by atoms with Crippen molar-refractivity contribution in [1.82, 2.24) is 0 Å². The first-order valence-corrected chi connectivity index (χ1v) is 11.8. The van der Waals surface area contributed by atoms with E-state index in [0.717, 1.165) is 36.8 Å². The number of anilines is 1. The number of fused-ring (bicyclic) bond motifs is 2. The van der Waals surface area contributed by atoms with E-state index in [1.165, 1.54) is 29.4 Å². The van der Waals surface area contributed by atoms with Crippen molar-refractivity contribution in [1.29, 1.82) is 0 Å². The van der Waals surface area contributed by atoms with Gasteiger partial charge < -0.3 is 19.5 Å². The highest BCUT2D eigenvalue weighted by molar-refractivity contribution is 7.17. The molecule has 0 radical (unpaired) electrons. The molecular formula is C25H29NO5S. The van der Waals surface area contributed by atoms with Crippen LogP contribution in [0.2, 0.25) is 0 Å². The maximum atomic E-state index is 12.7. The fourth-order valence-electron chi connectivity index (χ4n) is 4.29. The molecule has 1 aromatic carbocycles. The standard InChI is InChI=1S/C25H29NO5S/c1-5-25(2,3)16-8-9-17-20(13-16)32-23(22(17)24(28)29-4)26-21(27)11-7-15-6-10-18-19(12-15)31-14-30-18/h6-7,10-12,16H,5,8-9,13-14H2,1-4H3,(H,26,27)/b11-7-/t16-/m0/s1. The smallest absolute Gasteiger partial charge is 0.341 e. The molecule has 0 spiro atoms. The molecule has 0 bridgehead atoms. The van der Waals surface area contributed by atoms with Crippen molar-refractivity contribution in [3.8, 4) is 11.5 Å². The fraction of sp³-hybridized carbons (Fsp3) is 0.440. The van der Waals surface area contributed by atoms with Gasteiger partial charge in [-0.25, -0.2) is 4.79 Å². The van der Waals surface area contributed by atoms with Crippen molar-refractivity contribution in [3.63, 3.8) is 0 Å². The molecule has 0 unspecified atom stereocenters. The molecular weight excluding hydrogens is 426 g/mol. The number of hydrogen-bond acceptors (Lipinski definition) is 6. The van der Waals surface area contributed by atoms with E-state index in [9.17, 15) is 9.59 Å². The number of ether oxygens (including phenoxy) is 3. The highest BCUT2D eigenvalue weighted by Gasteiger charge is 2.35. The molecule has 32 heavy (non-hydrogen) atoms. The predicted octanol–water partition coefficient (Wildman–Crippen LogP) is 5.46. The summed E-state index contributed by atoms with van der Waals surface area (Å²) < 4.78 is 15.7. The van der Waals surface area contributed by atoms with Gasteiger partial charge in [0.1, 0.15) is 5.00 Å². The van der Waals surface area contributed by atoms with Crippen LogP contribution in [0.5, 0.6) is 11.5 Å². The summed E-state index contributed by atoms with van der Waals surface area (Å²) in [6.45, 7) is 7.04. The van der Waals surface area contributed by atoms with Crippen LogP contribution < -0.4 is 14.8 Å². The molecule has 4 rings (SSSR count). The monoisotopic (exact) mass is 455 g/mol. The minimum Gasteiger partial charge on any atom is -0.465 e. The Hall–Kier alpha value is -2.80. The summed E-state index contributed by atoms with van der Waals surface area (Å²) in [7, 11) is 1.38. The predicted molar refractivity (Wildman–Crippen MR) is 125 cm³/mol. The number of hydrogen-bond donors (Lipinski definition) is 1. The first-order chi connectivity index (χ1) is 15.3. The van der Waals surface area contributed by atoms with Crippen LogP contribution in [0, 0.1) is 11.3 Å². The third-order valence-corrected chi connectivity index (χ3v) is 7.90. The van der Waals surface area contributed by atoms with E-state index in [1.54, 1.807) is 6.08 Å². The summed E-state index contributed by atoms with van der Waals surface area (Å²) in [5.41, 5.74) is 2.60. The van der Waals surface area contributed by atoms with Crippen LogP contribution in [0.25, 0.3) is 6.08 Å². The summed E-state index contributed by atoms with van der Waals surface area (Å²) >= 11 is 1.50. The number of esters is 1. The molecule has 2 heterocycles. The van der Waals surface area contributed by atoms with E-state index in [0.29, 0.717) is 28.0 Å². The van der Waals surface area contributed by atoms with Crippen molar-refractivity contribution < 1.29 is 23.8 Å². The minimum atomic E-state index is -0.397. The van der Waals surface area contributed by atoms with Gasteiger partial charge in [0.25, 0.3) is 0 Å². The Morgan fingerprint density at radius 1 is 1.28 bits per heavy atom. The van der Waals surface area contributed by atoms with Crippen LogP contribution in [-0.2, 0) is 22.4 Å². The Balaban J connectivity index is 1.54. The first kappa shape index (κ1) is 22.4. The van der Waals surface area contributed by atoms with Gasteiger partial charge in [0.05, 0.1) is 12.7 Å². The van der Waals surface area contributed by atoms with E-state index < -0.39 is 5.97 Å². The second-order valence-electron chi connectivity index (χ2n) is 8.92. The quantitative estimate of drug-likeness (QED) is 0.463. The van der Waals surface area contributed by atoms with Crippen molar-refractivity contribution in [2.75, 3.05) is 19.2 Å². The minimum absolute atomic E-state index is 0.207. The van der Waals surface area contributed by atoms with Crippen LogP contribution in [-0.4, -0.2) is 25.8 Å². The molecule has 170 valence electrons. The summed E-state index contributed by atoms with van der Waals surface area (Å²) in [6, 6.07) is 5.50. The van der Waals surface area contributed by atoms with Gasteiger partial charge in [-0.3, -0.25) is 4.79 Å². The van der Waals surface area contributed by atoms with Gasteiger partial charge in [0, 0.05) is 11.0 Å². The molecule has 0 fully saturated rings. The number of benzene rings is 1. The van der Waals surface area contributed by atoms with Crippen molar-refractivity contribution in [2.45, 2.75) is 46.5 Å². The lowest BCUT2D eigenvalue weighted by Crippen LogP contribution is -2.28. The molecule has 0 saturated carbocycles. The lowest BCUT2D eigenvalue weighted by molar-refractivity contribution is -0.111. The number of nitrogens with one attached hydrogen (secondary N) is 1. The summed E-state index contributed by atoms with van der Waals surface area (Å²) in [4.78, 5) is 26.4. The molecule has 1 aliphatic heterocycles. The van der Waals surface area contributed by atoms with E-state index in [2.05, 4.69) is 26.1 Å². The zero-order valence-corrected chi connectivity index (χ0v) is 19.8. The molecule has 1 aromatic heterocycles. The number of carbonyl (C=O) groups is 2. The highest BCUT2D eigenvalue weighted by atomic mass is 32.1. The fourth-order valence-corrected chi connectivity index (χ4v) is 5.61. The summed E-state index contributed by atoms with van der Waals surface area (Å²) in [5.74, 6) is 1.22. The van der Waals surface area contributed by atoms with Gasteiger partial charge in [-0.15, -0.1) is 11.3 Å². The maximum absolute atomic E-state index is 12.7. The average Bonchev–Trinajstić information content (AvgIpc) is 3.40. The number of amides is 1. The van der Waals surface area contributed by atoms with Crippen molar-refractivity contribution in [3.05, 3.63) is 45.8 Å². The molecule has 7 heteroatoms. The maximum Gasteiger partial charge on any atom is 0.341 e. The molecule has 0 saturated heterocycles. The zero-order chi connectivity index (χ0) is 22.9. The molecule has 1 amide bonds. The van der Waals surface area contributed by atoms with Crippen LogP contribution >= 0.6 is 11.3 Å². The number of carbonyl (C=O) groups excluding carboxylic acids is 2. The highest BCUT2D eigenvalue weighted by Crippen LogP contribution is 2.45. The molecule has 6 nitrogen and oxygen atoms in total. The molecule has 1 N–H and O–H groups in total. The van der Waals surface area contributed by atoms with Crippen molar-refractivity contribution >= 4 is 34.3 Å². The Bertz CT molecular complexity index is 1070. The van der Waals surface area contributed by atoms with E-state index in [-0.39, 0.29) is 18.1 Å². The number of methoxy groups -OCH3 is 1. The van der Waals surface area contributed by atoms with E-state index >= 15 is 0 Å². The molecule has 1 atom stereocenters. The normalized spacial score (nSPS) is 17.3. The van der Waals surface area contributed by atoms with Crippen LogP contribution in [0.15, 0.2) is 24.3 Å². The largest absolute Gasteiger partial charge is 0.465 e. The lowest BCUT2D eigenvalue weighted by atomic mass is 9.69. The Kier molecular flexibility index (Phi) is 6.29. The second-order valence-corrected chi connectivity index (χ2v) is 10.0. The van der Waals surface area contributed by atoms with Gasteiger partial charge >= 0.3 is 5.97 Å². The second kappa shape index (κ2) is 8.98. The van der Waals surface area contributed by atoms with E-state index in [4.69, 9.17) is 14.2 Å². The Morgan fingerprint density at radius 3 is 2.81 bits per heavy atom. The lowest BCUT2D eigenvalue weighted by Gasteiger charge is -2.36. The summed E-state index contributed by atoms with van der Waals surface area (Å²) in [5, 5.41) is 3.48. The third-order valence-electron chi connectivity index (χ3n) is 6.73. The van der Waals surface area contributed by atoms with Crippen LogP contribution in [0.1, 0.15) is 60.0 Å². The third kappa shape index (κ3) is 4.39. The average molecular weight is 456 g/mol. The van der Waals surface area contributed by atoms with Crippen LogP contribution in [0.3, 0.4) is 0 Å². The molecule has 2 aliphatic rings. The molecule has 1 aliphatic carbocycles. The van der Waals surface area contributed by atoms with Gasteiger partial charge in [0.2, 0.25) is 12.7 Å². The van der Waals surface area contributed by atoms with Gasteiger partial charge in [0.15, 0.2) is 11.5 Å². The first-order valence-electron chi connectivity index (χ1n) is 10.9. The van der Waals surface area contributed by atoms with Gasteiger partial charge in [-0.1, -0.05) is 33.3 Å². The number of thiophene rings is 1. The van der Waals surface area contributed by atoms with E-state index in [1.807, 2.05) is 18.2 Å². The Morgan fingerprint density at radius 2 is 2.06 bits per heavy atom. The van der Waals surface area contributed by atoms with Gasteiger partial charge in [-0.05, 0) is 59.9 Å². The SMILES string of the molecule is CCC(C)(C)[C@H]1CCc2c(sc(NC(=O)/C=C\c3ccc4c(c3)OCO4)c2C(=O)OC)C1.